The molecule has 1 aromatic rings. The van der Waals surface area contributed by atoms with E-state index in [2.05, 4.69) is 27.8 Å². The Kier molecular flexibility index (Phi) is 6.26. The summed E-state index contributed by atoms with van der Waals surface area (Å²) < 4.78 is 14.5. The number of halogens is 2. The van der Waals surface area contributed by atoms with Crippen molar-refractivity contribution in [2.75, 3.05) is 38.6 Å². The van der Waals surface area contributed by atoms with Gasteiger partial charge in [-0.15, -0.1) is 0 Å². The second-order valence-corrected chi connectivity index (χ2v) is 5.46. The largest absolute Gasteiger partial charge is 0.368 e. The molecule has 0 fully saturated rings. The highest BCUT2D eigenvalue weighted by atomic mass is 79.9. The monoisotopic (exact) mass is 327 g/mol. The molecule has 0 atom stereocenters. The molecule has 0 aliphatic heterocycles. The standard InChI is InChI=1S/C14H19BrFN3/c1-4-7-19(9-8-18(2)3)12-6-5-11(10-17)13(15)14(12)16/h5-6H,4,7-9H2,1-3H3. The highest BCUT2D eigenvalue weighted by molar-refractivity contribution is 9.10. The Bertz CT molecular complexity index is 468. The lowest BCUT2D eigenvalue weighted by Gasteiger charge is -2.26. The van der Waals surface area contributed by atoms with E-state index in [4.69, 9.17) is 5.26 Å². The molecule has 0 unspecified atom stereocenters. The van der Waals surface area contributed by atoms with Crippen molar-refractivity contribution in [3.8, 4) is 6.07 Å². The molecule has 3 nitrogen and oxygen atoms in total. The van der Waals surface area contributed by atoms with Crippen molar-refractivity contribution in [3.63, 3.8) is 0 Å². The fraction of sp³-hybridized carbons (Fsp3) is 0.500. The van der Waals surface area contributed by atoms with E-state index in [9.17, 15) is 4.39 Å². The summed E-state index contributed by atoms with van der Waals surface area (Å²) >= 11 is 3.16. The zero-order valence-electron chi connectivity index (χ0n) is 11.6. The minimum absolute atomic E-state index is 0.249. The quantitative estimate of drug-likeness (QED) is 0.803. The summed E-state index contributed by atoms with van der Waals surface area (Å²) in [7, 11) is 3.99. The Morgan fingerprint density at radius 2 is 1.95 bits per heavy atom. The van der Waals surface area contributed by atoms with Gasteiger partial charge in [0.05, 0.1) is 15.7 Å². The van der Waals surface area contributed by atoms with Crippen LogP contribution in [0.5, 0.6) is 0 Å². The Balaban J connectivity index is 3.03. The minimum atomic E-state index is -0.355. The summed E-state index contributed by atoms with van der Waals surface area (Å²) in [6.45, 7) is 4.48. The van der Waals surface area contributed by atoms with Crippen LogP contribution in [0.2, 0.25) is 0 Å². The number of likely N-dealkylation sites (N-methyl/N-ethyl adjacent to an activating group) is 1. The zero-order chi connectivity index (χ0) is 14.4. The zero-order valence-corrected chi connectivity index (χ0v) is 13.2. The van der Waals surface area contributed by atoms with Crippen molar-refractivity contribution < 1.29 is 4.39 Å². The van der Waals surface area contributed by atoms with E-state index in [1.54, 1.807) is 12.1 Å². The molecule has 0 heterocycles. The summed E-state index contributed by atoms with van der Waals surface area (Å²) in [6.07, 6.45) is 0.949. The van der Waals surface area contributed by atoms with Crippen LogP contribution in [0.3, 0.4) is 0 Å². The highest BCUT2D eigenvalue weighted by Crippen LogP contribution is 2.29. The van der Waals surface area contributed by atoms with Crippen LogP contribution in [0, 0.1) is 17.1 Å². The van der Waals surface area contributed by atoms with Crippen LogP contribution in [0.15, 0.2) is 16.6 Å². The molecule has 0 saturated carbocycles. The molecule has 1 rings (SSSR count). The van der Waals surface area contributed by atoms with Gasteiger partial charge in [-0.2, -0.15) is 5.26 Å². The smallest absolute Gasteiger partial charge is 0.161 e. The number of nitrogens with zero attached hydrogens (tertiary/aromatic N) is 3. The third-order valence-corrected chi connectivity index (χ3v) is 3.61. The number of nitriles is 1. The maximum Gasteiger partial charge on any atom is 0.161 e. The minimum Gasteiger partial charge on any atom is -0.368 e. The van der Waals surface area contributed by atoms with Crippen molar-refractivity contribution in [1.29, 1.82) is 5.26 Å². The third-order valence-electron chi connectivity index (χ3n) is 2.83. The van der Waals surface area contributed by atoms with Crippen molar-refractivity contribution in [1.82, 2.24) is 4.90 Å². The normalized spacial score (nSPS) is 10.6. The highest BCUT2D eigenvalue weighted by Gasteiger charge is 2.16. The fourth-order valence-electron chi connectivity index (χ4n) is 1.81. The maximum absolute atomic E-state index is 14.3. The van der Waals surface area contributed by atoms with E-state index in [1.807, 2.05) is 25.1 Å². The molecule has 1 aromatic carbocycles. The molecule has 0 amide bonds. The number of hydrogen-bond acceptors (Lipinski definition) is 3. The third kappa shape index (κ3) is 4.19. The first kappa shape index (κ1) is 15.9. The summed E-state index contributed by atoms with van der Waals surface area (Å²) in [4.78, 5) is 4.08. The van der Waals surface area contributed by atoms with E-state index in [1.165, 1.54) is 0 Å². The van der Waals surface area contributed by atoms with Gasteiger partial charge in [0.1, 0.15) is 6.07 Å². The van der Waals surface area contributed by atoms with Gasteiger partial charge in [0, 0.05) is 19.6 Å². The molecular weight excluding hydrogens is 309 g/mol. The summed E-state index contributed by atoms with van der Waals surface area (Å²) in [6, 6.07) is 5.31. The van der Waals surface area contributed by atoms with Gasteiger partial charge in [-0.05, 0) is 48.6 Å². The molecule has 0 saturated heterocycles. The molecule has 0 aromatic heterocycles. The lowest BCUT2D eigenvalue weighted by atomic mass is 10.2. The van der Waals surface area contributed by atoms with Crippen LogP contribution in [0.1, 0.15) is 18.9 Å². The second kappa shape index (κ2) is 7.46. The van der Waals surface area contributed by atoms with Crippen LogP contribution in [-0.2, 0) is 0 Å². The summed E-state index contributed by atoms with van der Waals surface area (Å²) in [5.74, 6) is -0.355. The second-order valence-electron chi connectivity index (χ2n) is 4.66. The predicted octanol–water partition coefficient (Wildman–Crippen LogP) is 3.24. The van der Waals surface area contributed by atoms with Crippen LogP contribution in [0.4, 0.5) is 10.1 Å². The fourth-order valence-corrected chi connectivity index (χ4v) is 2.24. The summed E-state index contributed by atoms with van der Waals surface area (Å²) in [5, 5.41) is 8.88. The molecular formula is C14H19BrFN3. The first-order chi connectivity index (χ1) is 9.01. The van der Waals surface area contributed by atoms with Gasteiger partial charge < -0.3 is 9.80 Å². The summed E-state index contributed by atoms with van der Waals surface area (Å²) in [5.41, 5.74) is 0.875. The molecule has 0 radical (unpaired) electrons. The van der Waals surface area contributed by atoms with Crippen molar-refractivity contribution >= 4 is 21.6 Å². The van der Waals surface area contributed by atoms with E-state index >= 15 is 0 Å². The number of benzene rings is 1. The SMILES string of the molecule is CCCN(CCN(C)C)c1ccc(C#N)c(Br)c1F. The van der Waals surface area contributed by atoms with Gasteiger partial charge >= 0.3 is 0 Å². The Labute approximate surface area is 122 Å². The molecule has 0 aliphatic carbocycles. The Morgan fingerprint density at radius 3 is 2.47 bits per heavy atom. The van der Waals surface area contributed by atoms with Gasteiger partial charge in [-0.1, -0.05) is 6.92 Å². The van der Waals surface area contributed by atoms with Crippen molar-refractivity contribution in [2.24, 2.45) is 0 Å². The van der Waals surface area contributed by atoms with Crippen LogP contribution in [-0.4, -0.2) is 38.6 Å². The first-order valence-electron chi connectivity index (χ1n) is 6.29. The number of anilines is 1. The average Bonchev–Trinajstić information content (AvgIpc) is 2.38. The molecule has 104 valence electrons. The van der Waals surface area contributed by atoms with Crippen molar-refractivity contribution in [3.05, 3.63) is 28.0 Å². The maximum atomic E-state index is 14.3. The lowest BCUT2D eigenvalue weighted by molar-refractivity contribution is 0.412. The molecule has 5 heteroatoms. The predicted molar refractivity (Wildman–Crippen MR) is 79.9 cm³/mol. The number of hydrogen-bond donors (Lipinski definition) is 0. The number of rotatable bonds is 6. The molecule has 0 aliphatic rings. The van der Waals surface area contributed by atoms with Crippen molar-refractivity contribution in [2.45, 2.75) is 13.3 Å². The van der Waals surface area contributed by atoms with E-state index in [-0.39, 0.29) is 10.3 Å². The van der Waals surface area contributed by atoms with Gasteiger partial charge in [-0.25, -0.2) is 4.39 Å². The molecule has 0 N–H and O–H groups in total. The van der Waals surface area contributed by atoms with E-state index < -0.39 is 0 Å². The first-order valence-corrected chi connectivity index (χ1v) is 7.08. The Hall–Kier alpha value is -1.12. The topological polar surface area (TPSA) is 30.3 Å². The van der Waals surface area contributed by atoms with Gasteiger partial charge in [0.15, 0.2) is 5.82 Å². The van der Waals surface area contributed by atoms with Crippen LogP contribution < -0.4 is 4.90 Å². The van der Waals surface area contributed by atoms with Gasteiger partial charge in [-0.3, -0.25) is 0 Å². The van der Waals surface area contributed by atoms with E-state index in [0.29, 0.717) is 11.3 Å². The lowest BCUT2D eigenvalue weighted by Crippen LogP contribution is -2.33. The van der Waals surface area contributed by atoms with Crippen LogP contribution in [0.25, 0.3) is 0 Å². The van der Waals surface area contributed by atoms with Crippen LogP contribution >= 0.6 is 15.9 Å². The molecule has 0 bridgehead atoms. The van der Waals surface area contributed by atoms with Gasteiger partial charge in [0.25, 0.3) is 0 Å². The average molecular weight is 328 g/mol. The molecule has 19 heavy (non-hydrogen) atoms. The molecule has 0 spiro atoms. The van der Waals surface area contributed by atoms with Gasteiger partial charge in [0.2, 0.25) is 0 Å². The Morgan fingerprint density at radius 1 is 1.26 bits per heavy atom. The van der Waals surface area contributed by atoms with E-state index in [0.717, 1.165) is 26.1 Å².